The summed E-state index contributed by atoms with van der Waals surface area (Å²) in [5.41, 5.74) is 8.59. The predicted molar refractivity (Wildman–Crippen MR) is 90.2 cm³/mol. The van der Waals surface area contributed by atoms with Gasteiger partial charge in [-0.25, -0.2) is 0 Å². The van der Waals surface area contributed by atoms with E-state index >= 15 is 0 Å². The highest BCUT2D eigenvalue weighted by Crippen LogP contribution is 2.27. The highest BCUT2D eigenvalue weighted by molar-refractivity contribution is 6.00. The zero-order valence-corrected chi connectivity index (χ0v) is 13.3. The zero-order chi connectivity index (χ0) is 16.9. The van der Waals surface area contributed by atoms with Gasteiger partial charge in [-0.05, 0) is 35.2 Å². The summed E-state index contributed by atoms with van der Waals surface area (Å²) in [5.74, 6) is -0.0273. The van der Waals surface area contributed by atoms with Crippen LogP contribution in [-0.4, -0.2) is 11.8 Å². The van der Waals surface area contributed by atoms with E-state index in [-0.39, 0.29) is 17.7 Å². The number of carbonyl (C=O) groups is 2. The Morgan fingerprint density at radius 3 is 2.54 bits per heavy atom. The summed E-state index contributed by atoms with van der Waals surface area (Å²) in [7, 11) is 0. The molecule has 5 nitrogen and oxygen atoms in total. The van der Waals surface area contributed by atoms with Gasteiger partial charge in [0.15, 0.2) is 0 Å². The number of imide groups is 1. The number of rotatable bonds is 5. The molecule has 0 bridgehead atoms. The molecule has 1 heterocycles. The van der Waals surface area contributed by atoms with Crippen molar-refractivity contribution in [1.82, 2.24) is 5.32 Å². The van der Waals surface area contributed by atoms with Crippen molar-refractivity contribution >= 4 is 11.8 Å². The lowest BCUT2D eigenvalue weighted by atomic mass is 9.90. The molecule has 1 atom stereocenters. The van der Waals surface area contributed by atoms with Gasteiger partial charge in [0.1, 0.15) is 12.4 Å². The van der Waals surface area contributed by atoms with Gasteiger partial charge in [-0.3, -0.25) is 14.9 Å². The molecule has 3 N–H and O–H groups in total. The molecule has 124 valence electrons. The van der Waals surface area contributed by atoms with Crippen LogP contribution in [0, 0.1) is 0 Å². The van der Waals surface area contributed by atoms with Crippen LogP contribution >= 0.6 is 0 Å². The number of benzene rings is 2. The van der Waals surface area contributed by atoms with Crippen molar-refractivity contribution in [3.63, 3.8) is 0 Å². The fourth-order valence-corrected chi connectivity index (χ4v) is 2.77. The minimum atomic E-state index is -0.296. The van der Waals surface area contributed by atoms with Crippen LogP contribution in [0.5, 0.6) is 5.75 Å². The molecule has 0 aromatic heterocycles. The Bertz CT molecular complexity index is 741. The third-order valence-electron chi connectivity index (χ3n) is 4.16. The average molecular weight is 324 g/mol. The lowest BCUT2D eigenvalue weighted by Gasteiger charge is -2.21. The Morgan fingerprint density at radius 1 is 1.08 bits per heavy atom. The zero-order valence-electron chi connectivity index (χ0n) is 13.3. The summed E-state index contributed by atoms with van der Waals surface area (Å²) < 4.78 is 5.82. The number of hydrogen-bond acceptors (Lipinski definition) is 4. The summed E-state index contributed by atoms with van der Waals surface area (Å²) >= 11 is 0. The van der Waals surface area contributed by atoms with E-state index < -0.39 is 0 Å². The Morgan fingerprint density at radius 2 is 1.83 bits per heavy atom. The summed E-state index contributed by atoms with van der Waals surface area (Å²) in [6.45, 7) is 0.971. The molecule has 0 saturated carbocycles. The van der Waals surface area contributed by atoms with Gasteiger partial charge in [0.25, 0.3) is 0 Å². The van der Waals surface area contributed by atoms with Crippen molar-refractivity contribution in [2.75, 3.05) is 0 Å². The second-order valence-electron chi connectivity index (χ2n) is 5.89. The normalized spacial score (nSPS) is 17.5. The van der Waals surface area contributed by atoms with Gasteiger partial charge in [0.2, 0.25) is 11.8 Å². The molecule has 3 rings (SSSR count). The third-order valence-corrected chi connectivity index (χ3v) is 4.16. The van der Waals surface area contributed by atoms with Crippen molar-refractivity contribution in [3.05, 3.63) is 65.2 Å². The molecule has 2 aromatic carbocycles. The van der Waals surface area contributed by atoms with E-state index in [4.69, 9.17) is 10.5 Å². The highest BCUT2D eigenvalue weighted by Gasteiger charge is 2.27. The van der Waals surface area contributed by atoms with Gasteiger partial charge in [0.05, 0.1) is 5.92 Å². The highest BCUT2D eigenvalue weighted by atomic mass is 16.5. The van der Waals surface area contributed by atoms with Crippen LogP contribution in [0.2, 0.25) is 0 Å². The van der Waals surface area contributed by atoms with Gasteiger partial charge in [-0.15, -0.1) is 0 Å². The number of piperidine rings is 1. The smallest absolute Gasteiger partial charge is 0.234 e. The first-order chi connectivity index (χ1) is 11.7. The van der Waals surface area contributed by atoms with E-state index in [1.165, 1.54) is 0 Å². The number of amides is 2. The minimum Gasteiger partial charge on any atom is -0.489 e. The van der Waals surface area contributed by atoms with E-state index in [2.05, 4.69) is 5.32 Å². The first kappa shape index (κ1) is 16.2. The summed E-state index contributed by atoms with van der Waals surface area (Å²) in [6.07, 6.45) is 0.906. The van der Waals surface area contributed by atoms with E-state index in [9.17, 15) is 9.59 Å². The molecule has 1 saturated heterocycles. The number of hydrogen-bond donors (Lipinski definition) is 2. The van der Waals surface area contributed by atoms with Crippen molar-refractivity contribution in [2.24, 2.45) is 5.73 Å². The van der Waals surface area contributed by atoms with Crippen LogP contribution in [0.15, 0.2) is 48.5 Å². The maximum absolute atomic E-state index is 12.0. The molecule has 2 aromatic rings. The molecule has 1 aliphatic heterocycles. The van der Waals surface area contributed by atoms with E-state index in [1.54, 1.807) is 0 Å². The second kappa shape index (κ2) is 7.27. The quantitative estimate of drug-likeness (QED) is 0.827. The van der Waals surface area contributed by atoms with Crippen molar-refractivity contribution < 1.29 is 14.3 Å². The fraction of sp³-hybridized carbons (Fsp3) is 0.263. The predicted octanol–water partition coefficient (Wildman–Crippen LogP) is 2.24. The lowest BCUT2D eigenvalue weighted by Crippen LogP contribution is -2.39. The number of nitrogens with one attached hydrogen (secondary N) is 1. The van der Waals surface area contributed by atoms with Gasteiger partial charge in [-0.1, -0.05) is 36.4 Å². The maximum atomic E-state index is 12.0. The fourth-order valence-electron chi connectivity index (χ4n) is 2.77. The molecular weight excluding hydrogens is 304 g/mol. The number of nitrogens with two attached hydrogens (primary N) is 1. The molecule has 1 aliphatic rings. The minimum absolute atomic E-state index is 0.204. The molecule has 0 radical (unpaired) electrons. The Kier molecular flexibility index (Phi) is 4.91. The molecular formula is C19H20N2O3. The summed E-state index contributed by atoms with van der Waals surface area (Å²) in [6, 6.07) is 15.4. The van der Waals surface area contributed by atoms with Crippen LogP contribution in [0.1, 0.15) is 35.4 Å². The molecule has 5 heteroatoms. The maximum Gasteiger partial charge on any atom is 0.234 e. The van der Waals surface area contributed by atoms with Crippen LogP contribution in [0.3, 0.4) is 0 Å². The van der Waals surface area contributed by atoms with Gasteiger partial charge in [-0.2, -0.15) is 0 Å². The van der Waals surface area contributed by atoms with Gasteiger partial charge in [0, 0.05) is 13.0 Å². The molecule has 0 spiro atoms. The molecule has 24 heavy (non-hydrogen) atoms. The topological polar surface area (TPSA) is 81.4 Å². The SMILES string of the molecule is NCc1ccc(COc2cccc(C3CCC(=O)NC3=O)c2)cc1. The van der Waals surface area contributed by atoms with Crippen molar-refractivity contribution in [1.29, 1.82) is 0 Å². The van der Waals surface area contributed by atoms with Crippen LogP contribution < -0.4 is 15.8 Å². The Hall–Kier alpha value is -2.66. The van der Waals surface area contributed by atoms with Crippen LogP contribution in [-0.2, 0) is 22.7 Å². The van der Waals surface area contributed by atoms with Crippen molar-refractivity contribution in [3.8, 4) is 5.75 Å². The van der Waals surface area contributed by atoms with E-state index in [1.807, 2.05) is 48.5 Å². The third kappa shape index (κ3) is 3.81. The van der Waals surface area contributed by atoms with E-state index in [0.717, 1.165) is 16.7 Å². The molecule has 1 unspecified atom stereocenters. The Balaban J connectivity index is 1.66. The Labute approximate surface area is 140 Å². The molecule has 2 amide bonds. The summed E-state index contributed by atoms with van der Waals surface area (Å²) in [4.78, 5) is 23.2. The average Bonchev–Trinajstić information content (AvgIpc) is 2.60. The lowest BCUT2D eigenvalue weighted by molar-refractivity contribution is -0.134. The standard InChI is InChI=1S/C19H20N2O3/c20-11-13-4-6-14(7-5-13)12-24-16-3-1-2-15(10-16)17-8-9-18(22)21-19(17)23/h1-7,10,17H,8-9,11-12,20H2,(H,21,22,23). The first-order valence-electron chi connectivity index (χ1n) is 8.00. The second-order valence-corrected chi connectivity index (χ2v) is 5.89. The van der Waals surface area contributed by atoms with Gasteiger partial charge < -0.3 is 10.5 Å². The first-order valence-corrected chi connectivity index (χ1v) is 8.00. The van der Waals surface area contributed by atoms with Gasteiger partial charge >= 0.3 is 0 Å². The van der Waals surface area contributed by atoms with Crippen LogP contribution in [0.4, 0.5) is 0 Å². The van der Waals surface area contributed by atoms with Crippen LogP contribution in [0.25, 0.3) is 0 Å². The van der Waals surface area contributed by atoms with Crippen molar-refractivity contribution in [2.45, 2.75) is 31.9 Å². The summed E-state index contributed by atoms with van der Waals surface area (Å²) in [5, 5.41) is 2.39. The number of ether oxygens (including phenoxy) is 1. The van der Waals surface area contributed by atoms with E-state index in [0.29, 0.717) is 31.7 Å². The molecule has 1 fully saturated rings. The largest absolute Gasteiger partial charge is 0.489 e. The monoisotopic (exact) mass is 324 g/mol. The number of carbonyl (C=O) groups excluding carboxylic acids is 2. The molecule has 0 aliphatic carbocycles.